The van der Waals surface area contributed by atoms with Gasteiger partial charge in [0.1, 0.15) is 0 Å². The fourth-order valence-corrected chi connectivity index (χ4v) is 0.994. The van der Waals surface area contributed by atoms with Gasteiger partial charge < -0.3 is 0 Å². The van der Waals surface area contributed by atoms with Gasteiger partial charge in [0, 0.05) is 0 Å². The highest BCUT2D eigenvalue weighted by Crippen LogP contribution is 2.54. The van der Waals surface area contributed by atoms with Gasteiger partial charge in [-0.1, -0.05) is 4.90 Å². The van der Waals surface area contributed by atoms with Crippen LogP contribution in [0.2, 0.25) is 0 Å². The Morgan fingerprint density at radius 1 is 0.522 bits per heavy atom. The molecule has 0 aliphatic carbocycles. The molecule has 0 unspecified atom stereocenters. The van der Waals surface area contributed by atoms with Gasteiger partial charge in [0.25, 0.3) is 5.83 Å². The molecule has 16 heteroatoms. The predicted molar refractivity (Wildman–Crippen MR) is 39.1 cm³/mol. The van der Waals surface area contributed by atoms with Crippen LogP contribution in [-0.2, 0) is 0 Å². The van der Waals surface area contributed by atoms with E-state index in [1.54, 1.807) is 0 Å². The molecule has 0 saturated heterocycles. The molecule has 0 heterocycles. The second-order valence-corrected chi connectivity index (χ2v) is 3.53. The molecular weight excluding hydrogens is 383 g/mol. The maximum atomic E-state index is 12.8. The van der Waals surface area contributed by atoms with Gasteiger partial charge in [0.2, 0.25) is 0 Å². The molecule has 0 aromatic rings. The van der Waals surface area contributed by atoms with Crippen LogP contribution < -0.4 is 0 Å². The Morgan fingerprint density at radius 2 is 0.783 bits per heavy atom. The summed E-state index contributed by atoms with van der Waals surface area (Å²) in [4.78, 5) is -4.32. The second-order valence-electron chi connectivity index (χ2n) is 3.53. The van der Waals surface area contributed by atoms with Crippen molar-refractivity contribution in [3.63, 3.8) is 0 Å². The highest BCUT2D eigenvalue weighted by Gasteiger charge is 2.81. The van der Waals surface area contributed by atoms with Gasteiger partial charge >= 0.3 is 36.6 Å². The first kappa shape index (κ1) is 21.6. The highest BCUT2D eigenvalue weighted by atomic mass is 19.4. The van der Waals surface area contributed by atoms with E-state index in [1.807, 2.05) is 0 Å². The SMILES string of the molecule is FC(F)=C(F)C(F)(F)N(C(F)(F)C(F)(F)F)C(F)(F)C(F)(F)F. The Bertz CT molecular complexity index is 437. The molecule has 0 bridgehead atoms. The average Bonchev–Trinajstić information content (AvgIpc) is 2.22. The van der Waals surface area contributed by atoms with Crippen LogP contribution in [0.5, 0.6) is 0 Å². The molecule has 0 radical (unpaired) electrons. The van der Waals surface area contributed by atoms with Crippen LogP contribution in [0.1, 0.15) is 0 Å². The summed E-state index contributed by atoms with van der Waals surface area (Å²) in [6.45, 7) is 0. The Hall–Kier alpha value is -1.35. The number of nitrogens with zero attached hydrogens (tertiary/aromatic N) is 1. The van der Waals surface area contributed by atoms with Gasteiger partial charge in [0.15, 0.2) is 0 Å². The number of hydrogen-bond acceptors (Lipinski definition) is 1. The standard InChI is InChI=1S/C7F15N/c8-1(2(9)10)3(11,12)23(6(19,20)4(13,14)15)7(21,22)5(16,17)18. The summed E-state index contributed by atoms with van der Waals surface area (Å²) in [6.07, 6.45) is -19.5. The lowest BCUT2D eigenvalue weighted by Crippen LogP contribution is -2.70. The van der Waals surface area contributed by atoms with Crippen molar-refractivity contribution in [3.8, 4) is 0 Å². The fraction of sp³-hybridized carbons (Fsp3) is 0.714. The molecule has 0 N–H and O–H groups in total. The van der Waals surface area contributed by atoms with Crippen molar-refractivity contribution in [1.29, 1.82) is 0 Å². The molecule has 0 amide bonds. The van der Waals surface area contributed by atoms with Crippen molar-refractivity contribution >= 4 is 0 Å². The monoisotopic (exact) mass is 383 g/mol. The quantitative estimate of drug-likeness (QED) is 0.473. The maximum absolute atomic E-state index is 12.8. The summed E-state index contributed by atoms with van der Waals surface area (Å²) in [5, 5.41) is 0. The van der Waals surface area contributed by atoms with Crippen LogP contribution in [0.15, 0.2) is 11.9 Å². The van der Waals surface area contributed by atoms with E-state index < -0.39 is 47.3 Å². The van der Waals surface area contributed by atoms with E-state index in [2.05, 4.69) is 0 Å². The predicted octanol–water partition coefficient (Wildman–Crippen LogP) is 5.27. The average molecular weight is 383 g/mol. The van der Waals surface area contributed by atoms with Gasteiger partial charge in [-0.15, -0.1) is 0 Å². The van der Waals surface area contributed by atoms with E-state index in [0.717, 1.165) is 0 Å². The first-order valence-electron chi connectivity index (χ1n) is 4.51. The van der Waals surface area contributed by atoms with Crippen molar-refractivity contribution in [3.05, 3.63) is 11.9 Å². The van der Waals surface area contributed by atoms with Gasteiger partial charge in [-0.3, -0.25) is 0 Å². The van der Waals surface area contributed by atoms with Crippen LogP contribution in [0, 0.1) is 0 Å². The number of rotatable bonds is 4. The fourth-order valence-electron chi connectivity index (χ4n) is 0.994. The summed E-state index contributed by atoms with van der Waals surface area (Å²) in [7, 11) is 0. The number of halogens is 15. The van der Waals surface area contributed by atoms with Crippen molar-refractivity contribution < 1.29 is 65.9 Å². The van der Waals surface area contributed by atoms with Crippen LogP contribution in [0.3, 0.4) is 0 Å². The normalized spacial score (nSPS) is 15.1. The third-order valence-electron chi connectivity index (χ3n) is 1.95. The van der Waals surface area contributed by atoms with Crippen LogP contribution in [0.4, 0.5) is 65.9 Å². The number of hydrogen-bond donors (Lipinski definition) is 0. The molecule has 0 aliphatic rings. The molecule has 0 rings (SSSR count). The zero-order chi connectivity index (χ0) is 19.2. The summed E-state index contributed by atoms with van der Waals surface area (Å²) in [6, 6.07) is -22.9. The van der Waals surface area contributed by atoms with Gasteiger partial charge in [-0.2, -0.15) is 65.9 Å². The Morgan fingerprint density at radius 3 is 0.957 bits per heavy atom. The molecule has 0 saturated carbocycles. The zero-order valence-electron chi connectivity index (χ0n) is 9.62. The Kier molecular flexibility index (Phi) is 5.29. The van der Waals surface area contributed by atoms with Crippen LogP contribution >= 0.6 is 0 Å². The largest absolute Gasteiger partial charge is 0.469 e. The molecule has 0 aliphatic heterocycles. The molecule has 138 valence electrons. The van der Waals surface area contributed by atoms with Gasteiger partial charge in [-0.25, -0.2) is 0 Å². The molecule has 0 atom stereocenters. The lowest BCUT2D eigenvalue weighted by molar-refractivity contribution is -0.473. The van der Waals surface area contributed by atoms with Crippen LogP contribution in [-0.4, -0.2) is 35.4 Å². The molecule has 0 aromatic heterocycles. The summed E-state index contributed by atoms with van der Waals surface area (Å²) >= 11 is 0. The first-order valence-corrected chi connectivity index (χ1v) is 4.51. The van der Waals surface area contributed by atoms with Crippen molar-refractivity contribution in [2.24, 2.45) is 0 Å². The molecule has 0 fully saturated rings. The minimum atomic E-state index is -7.75. The highest BCUT2D eigenvalue weighted by molar-refractivity contribution is 5.08. The summed E-state index contributed by atoms with van der Waals surface area (Å²) in [5.41, 5.74) is 0. The zero-order valence-corrected chi connectivity index (χ0v) is 9.62. The maximum Gasteiger partial charge on any atom is 0.469 e. The Balaban J connectivity index is 6.68. The van der Waals surface area contributed by atoms with E-state index in [0.29, 0.717) is 0 Å². The third-order valence-corrected chi connectivity index (χ3v) is 1.95. The Labute approximate surface area is 114 Å². The van der Waals surface area contributed by atoms with Crippen molar-refractivity contribution in [2.45, 2.75) is 30.5 Å². The topological polar surface area (TPSA) is 3.24 Å². The molecule has 23 heavy (non-hydrogen) atoms. The first-order chi connectivity index (χ1) is 9.72. The van der Waals surface area contributed by atoms with E-state index in [4.69, 9.17) is 0 Å². The van der Waals surface area contributed by atoms with Crippen LogP contribution in [0.25, 0.3) is 0 Å². The minimum absolute atomic E-state index is 4.32. The smallest absolute Gasteiger partial charge is 0.197 e. The lowest BCUT2D eigenvalue weighted by atomic mass is 10.3. The lowest BCUT2D eigenvalue weighted by Gasteiger charge is -2.41. The number of alkyl halides is 12. The van der Waals surface area contributed by atoms with E-state index >= 15 is 0 Å². The van der Waals surface area contributed by atoms with Crippen molar-refractivity contribution in [2.75, 3.05) is 0 Å². The second kappa shape index (κ2) is 5.62. The molecule has 1 nitrogen and oxygen atoms in total. The molecule has 0 aromatic carbocycles. The molecular formula is C7F15N. The minimum Gasteiger partial charge on any atom is -0.197 e. The van der Waals surface area contributed by atoms with Gasteiger partial charge in [0.05, 0.1) is 0 Å². The van der Waals surface area contributed by atoms with E-state index in [9.17, 15) is 65.9 Å². The molecule has 0 spiro atoms. The van der Waals surface area contributed by atoms with E-state index in [-0.39, 0.29) is 0 Å². The summed E-state index contributed by atoms with van der Waals surface area (Å²) < 4.78 is 183. The third kappa shape index (κ3) is 3.60. The van der Waals surface area contributed by atoms with Gasteiger partial charge in [-0.05, 0) is 0 Å². The van der Waals surface area contributed by atoms with E-state index in [1.165, 1.54) is 0 Å². The summed E-state index contributed by atoms with van der Waals surface area (Å²) in [5.74, 6) is -4.65. The van der Waals surface area contributed by atoms with Crippen molar-refractivity contribution in [1.82, 2.24) is 4.90 Å².